The van der Waals surface area contributed by atoms with Gasteiger partial charge in [-0.25, -0.2) is 4.79 Å². The minimum Gasteiger partial charge on any atom is -0.508 e. The maximum absolute atomic E-state index is 12.0. The molecule has 3 unspecified atom stereocenters. The first-order valence-electron chi connectivity index (χ1n) is 8.38. The zero-order valence-corrected chi connectivity index (χ0v) is 15.2. The number of carboxylic acid groups (broad SMARTS) is 1. The predicted molar refractivity (Wildman–Crippen MR) is 97.1 cm³/mol. The van der Waals surface area contributed by atoms with Gasteiger partial charge in [0.25, 0.3) is 0 Å². The Morgan fingerprint density at radius 1 is 1.07 bits per heavy atom. The molecule has 0 fully saturated rings. The highest BCUT2D eigenvalue weighted by molar-refractivity contribution is 5.92. The van der Waals surface area contributed by atoms with Crippen LogP contribution in [-0.2, 0) is 25.6 Å². The van der Waals surface area contributed by atoms with Crippen LogP contribution in [0.5, 0.6) is 5.75 Å². The molecule has 0 aromatic heterocycles. The van der Waals surface area contributed by atoms with Crippen molar-refractivity contribution in [2.24, 2.45) is 5.73 Å². The van der Waals surface area contributed by atoms with Crippen molar-refractivity contribution in [1.29, 1.82) is 0 Å². The maximum Gasteiger partial charge on any atom is 0.328 e. The lowest BCUT2D eigenvalue weighted by Gasteiger charge is -2.18. The lowest BCUT2D eigenvalue weighted by Crippen LogP contribution is -2.53. The number of benzene rings is 1. The van der Waals surface area contributed by atoms with Gasteiger partial charge in [0.1, 0.15) is 17.8 Å². The van der Waals surface area contributed by atoms with Crippen LogP contribution in [0.15, 0.2) is 24.3 Å². The third kappa shape index (κ3) is 7.60. The van der Waals surface area contributed by atoms with Gasteiger partial charge in [0.15, 0.2) is 0 Å². The van der Waals surface area contributed by atoms with E-state index >= 15 is 0 Å². The first kappa shape index (κ1) is 22.9. The van der Waals surface area contributed by atoms with E-state index in [0.29, 0.717) is 0 Å². The van der Waals surface area contributed by atoms with Crippen LogP contribution in [0.4, 0.5) is 0 Å². The molecule has 0 aliphatic heterocycles. The fourth-order valence-corrected chi connectivity index (χ4v) is 2.12. The van der Waals surface area contributed by atoms with Gasteiger partial charge in [-0.05, 0) is 31.0 Å². The molecule has 8 N–H and O–H groups in total. The Morgan fingerprint density at radius 2 is 1.68 bits per heavy atom. The number of carbonyl (C=O) groups is 4. The Bertz CT molecular complexity index is 708. The predicted octanol–water partition coefficient (Wildman–Crippen LogP) is -2.56. The number of nitrogens with two attached hydrogens (primary N) is 1. The molecule has 154 valence electrons. The van der Waals surface area contributed by atoms with Gasteiger partial charge in [-0.15, -0.1) is 0 Å². The second kappa shape index (κ2) is 10.8. The molecule has 0 saturated carbocycles. The summed E-state index contributed by atoms with van der Waals surface area (Å²) in [5, 5.41) is 33.5. The SMILES string of the molecule is CC(NC(=O)CNC(=O)C(N)Cc1ccc(O)cc1)C(=O)NC(CO)C(=O)O. The van der Waals surface area contributed by atoms with E-state index in [2.05, 4.69) is 16.0 Å². The van der Waals surface area contributed by atoms with Crippen molar-refractivity contribution in [3.63, 3.8) is 0 Å². The number of amides is 3. The summed E-state index contributed by atoms with van der Waals surface area (Å²) >= 11 is 0. The van der Waals surface area contributed by atoms with Crippen LogP contribution in [-0.4, -0.2) is 70.3 Å². The van der Waals surface area contributed by atoms with Crippen molar-refractivity contribution in [2.45, 2.75) is 31.5 Å². The molecule has 1 aromatic rings. The minimum atomic E-state index is -1.48. The molecule has 0 bridgehead atoms. The maximum atomic E-state index is 12.0. The van der Waals surface area contributed by atoms with Crippen molar-refractivity contribution in [2.75, 3.05) is 13.2 Å². The Labute approximate surface area is 160 Å². The van der Waals surface area contributed by atoms with Crippen LogP contribution in [0.3, 0.4) is 0 Å². The van der Waals surface area contributed by atoms with Crippen LogP contribution in [0.25, 0.3) is 0 Å². The van der Waals surface area contributed by atoms with Gasteiger partial charge in [0.05, 0.1) is 19.2 Å². The van der Waals surface area contributed by atoms with Gasteiger partial charge in [-0.3, -0.25) is 14.4 Å². The van der Waals surface area contributed by atoms with E-state index in [0.717, 1.165) is 5.56 Å². The van der Waals surface area contributed by atoms with E-state index in [1.165, 1.54) is 19.1 Å². The monoisotopic (exact) mass is 396 g/mol. The van der Waals surface area contributed by atoms with Gasteiger partial charge >= 0.3 is 5.97 Å². The summed E-state index contributed by atoms with van der Waals surface area (Å²) in [6.45, 7) is 0.0979. The minimum absolute atomic E-state index is 0.0882. The van der Waals surface area contributed by atoms with E-state index in [-0.39, 0.29) is 12.2 Å². The second-order valence-corrected chi connectivity index (χ2v) is 6.07. The lowest BCUT2D eigenvalue weighted by atomic mass is 10.1. The van der Waals surface area contributed by atoms with Crippen molar-refractivity contribution in [3.05, 3.63) is 29.8 Å². The van der Waals surface area contributed by atoms with Crippen LogP contribution in [0.2, 0.25) is 0 Å². The van der Waals surface area contributed by atoms with Crippen molar-refractivity contribution >= 4 is 23.7 Å². The molecule has 0 aliphatic rings. The highest BCUT2D eigenvalue weighted by atomic mass is 16.4. The van der Waals surface area contributed by atoms with Gasteiger partial charge in [0.2, 0.25) is 17.7 Å². The zero-order valence-electron chi connectivity index (χ0n) is 15.2. The molecule has 1 aromatic carbocycles. The first-order chi connectivity index (χ1) is 13.1. The molecule has 0 spiro atoms. The molecular formula is C17H24N4O7. The standard InChI is InChI=1S/C17H24N4O7/c1-9(15(25)21-13(8-22)17(27)28)20-14(24)7-19-16(26)12(18)6-10-2-4-11(23)5-3-10/h2-5,9,12-13,22-23H,6-8,18H2,1H3,(H,19,26)(H,20,24)(H,21,25)(H,27,28). The molecular weight excluding hydrogens is 372 g/mol. The van der Waals surface area contributed by atoms with E-state index in [9.17, 15) is 24.3 Å². The number of carboxylic acids is 1. The number of aliphatic hydroxyl groups excluding tert-OH is 1. The number of aromatic hydroxyl groups is 1. The Morgan fingerprint density at radius 3 is 2.21 bits per heavy atom. The number of hydrogen-bond donors (Lipinski definition) is 7. The normalized spacial score (nSPS) is 13.7. The number of phenols is 1. The van der Waals surface area contributed by atoms with Crippen molar-refractivity contribution < 1.29 is 34.5 Å². The van der Waals surface area contributed by atoms with E-state index in [1.807, 2.05) is 0 Å². The highest BCUT2D eigenvalue weighted by Gasteiger charge is 2.23. The molecule has 1 rings (SSSR count). The van der Waals surface area contributed by atoms with Crippen molar-refractivity contribution in [1.82, 2.24) is 16.0 Å². The second-order valence-electron chi connectivity index (χ2n) is 6.07. The number of aliphatic carboxylic acids is 1. The number of aliphatic hydroxyl groups is 1. The fraction of sp³-hybridized carbons (Fsp3) is 0.412. The molecule has 3 amide bonds. The number of hydrogen-bond acceptors (Lipinski definition) is 7. The average molecular weight is 396 g/mol. The fourth-order valence-electron chi connectivity index (χ4n) is 2.12. The zero-order chi connectivity index (χ0) is 21.3. The first-order valence-corrected chi connectivity index (χ1v) is 8.38. The number of phenolic OH excluding ortho intramolecular Hbond substituents is 1. The third-order valence-corrected chi connectivity index (χ3v) is 3.72. The summed E-state index contributed by atoms with van der Waals surface area (Å²) in [5.74, 6) is -3.38. The summed E-state index contributed by atoms with van der Waals surface area (Å²) in [5.41, 5.74) is 6.50. The highest BCUT2D eigenvalue weighted by Crippen LogP contribution is 2.10. The number of carbonyl (C=O) groups excluding carboxylic acids is 3. The Kier molecular flexibility index (Phi) is 8.85. The van der Waals surface area contributed by atoms with Crippen molar-refractivity contribution in [3.8, 4) is 5.75 Å². The molecule has 0 saturated heterocycles. The molecule has 0 heterocycles. The summed E-state index contributed by atoms with van der Waals surface area (Å²) in [6, 6.07) is 2.68. The smallest absolute Gasteiger partial charge is 0.328 e. The van der Waals surface area contributed by atoms with Crippen LogP contribution >= 0.6 is 0 Å². The lowest BCUT2D eigenvalue weighted by molar-refractivity contribution is -0.143. The summed E-state index contributed by atoms with van der Waals surface area (Å²) < 4.78 is 0. The molecule has 3 atom stereocenters. The topological polar surface area (TPSA) is 191 Å². The van der Waals surface area contributed by atoms with Gasteiger partial charge in [-0.2, -0.15) is 0 Å². The van der Waals surface area contributed by atoms with Gasteiger partial charge < -0.3 is 37.0 Å². The van der Waals surface area contributed by atoms with Crippen LogP contribution in [0.1, 0.15) is 12.5 Å². The summed E-state index contributed by atoms with van der Waals surface area (Å²) in [7, 11) is 0. The Hall–Kier alpha value is -3.18. The number of rotatable bonds is 10. The summed E-state index contributed by atoms with van der Waals surface area (Å²) in [4.78, 5) is 46.4. The third-order valence-electron chi connectivity index (χ3n) is 3.72. The molecule has 11 nitrogen and oxygen atoms in total. The van der Waals surface area contributed by atoms with Crippen LogP contribution < -0.4 is 21.7 Å². The van der Waals surface area contributed by atoms with Gasteiger partial charge in [0, 0.05) is 0 Å². The molecule has 0 radical (unpaired) electrons. The van der Waals surface area contributed by atoms with Crippen LogP contribution in [0, 0.1) is 0 Å². The quantitative estimate of drug-likeness (QED) is 0.225. The Balaban J connectivity index is 2.41. The average Bonchev–Trinajstić information content (AvgIpc) is 2.65. The van der Waals surface area contributed by atoms with E-state index in [4.69, 9.17) is 15.9 Å². The van der Waals surface area contributed by atoms with Gasteiger partial charge in [-0.1, -0.05) is 12.1 Å². The molecule has 0 aliphatic carbocycles. The molecule has 11 heteroatoms. The molecule has 28 heavy (non-hydrogen) atoms. The summed E-state index contributed by atoms with van der Waals surface area (Å²) in [6.07, 6.45) is 0.199. The largest absolute Gasteiger partial charge is 0.508 e. The van der Waals surface area contributed by atoms with E-state index < -0.39 is 55.0 Å². The van der Waals surface area contributed by atoms with E-state index in [1.54, 1.807) is 12.1 Å². The number of nitrogens with one attached hydrogen (secondary N) is 3.